The number of fused-ring (bicyclic) bond motifs is 1. The first-order valence-electron chi connectivity index (χ1n) is 5.60. The fraction of sp³-hybridized carbons (Fsp3) is 0.417. The van der Waals surface area contributed by atoms with Crippen molar-refractivity contribution in [2.75, 3.05) is 14.2 Å². The summed E-state index contributed by atoms with van der Waals surface area (Å²) in [5.41, 5.74) is 1.41. The average molecular weight is 412 g/mol. The van der Waals surface area contributed by atoms with E-state index in [1.54, 1.807) is 0 Å². The molecule has 0 radical (unpaired) electrons. The van der Waals surface area contributed by atoms with Gasteiger partial charge in [-0.1, -0.05) is 0 Å². The van der Waals surface area contributed by atoms with Gasteiger partial charge >= 0.3 is 129 Å². The molecule has 6 nitrogen and oxygen atoms in total. The Morgan fingerprint density at radius 3 is 2.30 bits per heavy atom. The van der Waals surface area contributed by atoms with Crippen LogP contribution < -0.4 is 0 Å². The summed E-state index contributed by atoms with van der Waals surface area (Å²) in [5, 5.41) is 0. The molecule has 1 aliphatic rings. The van der Waals surface area contributed by atoms with Gasteiger partial charge in [0, 0.05) is 0 Å². The first-order valence-corrected chi connectivity index (χ1v) is 9.41. The topological polar surface area (TPSA) is 78.9 Å². The third-order valence-electron chi connectivity index (χ3n) is 2.68. The molecule has 0 aliphatic carbocycles. The zero-order valence-corrected chi connectivity index (χ0v) is 14.2. The molecule has 0 N–H and O–H groups in total. The second-order valence-electron chi connectivity index (χ2n) is 3.89. The van der Waals surface area contributed by atoms with Crippen molar-refractivity contribution < 1.29 is 28.6 Å². The van der Waals surface area contributed by atoms with Crippen LogP contribution in [0.5, 0.6) is 0 Å². The number of thiophene rings is 1. The van der Waals surface area contributed by atoms with Crippen LogP contribution in [-0.2, 0) is 23.5 Å². The van der Waals surface area contributed by atoms with Crippen molar-refractivity contribution in [2.45, 2.75) is 15.5 Å². The maximum atomic E-state index is 11.8. The molecule has 0 fully saturated rings. The van der Waals surface area contributed by atoms with Crippen molar-refractivity contribution in [3.8, 4) is 0 Å². The van der Waals surface area contributed by atoms with Gasteiger partial charge in [0.2, 0.25) is 0 Å². The third kappa shape index (κ3) is 2.68. The Morgan fingerprint density at radius 1 is 1.15 bits per heavy atom. The molecular formula is C12H12O6STe. The van der Waals surface area contributed by atoms with Gasteiger partial charge in [-0.3, -0.25) is 0 Å². The molecule has 2 heterocycles. The Labute approximate surface area is 129 Å². The molecule has 0 bridgehead atoms. The molecule has 108 valence electrons. The summed E-state index contributed by atoms with van der Waals surface area (Å²) in [5.74, 6) is -1.39. The molecule has 8 heteroatoms. The van der Waals surface area contributed by atoms with Crippen LogP contribution in [-0.4, -0.2) is 53.1 Å². The first-order chi connectivity index (χ1) is 9.49. The van der Waals surface area contributed by atoms with Crippen LogP contribution in [0, 0.1) is 0 Å². The summed E-state index contributed by atoms with van der Waals surface area (Å²) in [6.07, 6.45) is 0. The van der Waals surface area contributed by atoms with Gasteiger partial charge in [-0.15, -0.1) is 0 Å². The second kappa shape index (κ2) is 6.12. The van der Waals surface area contributed by atoms with Gasteiger partial charge < -0.3 is 0 Å². The molecule has 0 saturated carbocycles. The van der Waals surface area contributed by atoms with Gasteiger partial charge in [0.15, 0.2) is 0 Å². The van der Waals surface area contributed by atoms with Gasteiger partial charge in [0.25, 0.3) is 0 Å². The summed E-state index contributed by atoms with van der Waals surface area (Å²) in [6.45, 7) is 1.33. The molecule has 0 spiro atoms. The zero-order valence-electron chi connectivity index (χ0n) is 11.1. The maximum absolute atomic E-state index is 11.8. The van der Waals surface area contributed by atoms with Crippen molar-refractivity contribution in [3.63, 3.8) is 0 Å². The summed E-state index contributed by atoms with van der Waals surface area (Å²) in [7, 11) is 2.57. The summed E-state index contributed by atoms with van der Waals surface area (Å²) >= 11 is 0.352. The Morgan fingerprint density at radius 2 is 1.75 bits per heavy atom. The van der Waals surface area contributed by atoms with Gasteiger partial charge in [-0.05, 0) is 0 Å². The van der Waals surface area contributed by atoms with E-state index in [0.717, 1.165) is 16.9 Å². The van der Waals surface area contributed by atoms with Gasteiger partial charge in [0.1, 0.15) is 0 Å². The van der Waals surface area contributed by atoms with E-state index in [0.29, 0.717) is 19.8 Å². The number of esters is 3. The van der Waals surface area contributed by atoms with Gasteiger partial charge in [-0.25, -0.2) is 0 Å². The van der Waals surface area contributed by atoms with Crippen LogP contribution in [0.4, 0.5) is 0 Å². The minimum atomic E-state index is -0.686. The number of hydrogen-bond acceptors (Lipinski definition) is 7. The summed E-state index contributed by atoms with van der Waals surface area (Å²) in [4.78, 5) is 35.5. The van der Waals surface area contributed by atoms with Crippen LogP contribution in [0.3, 0.4) is 0 Å². The second-order valence-corrected chi connectivity index (χ2v) is 7.91. The van der Waals surface area contributed by atoms with Gasteiger partial charge in [-0.2, -0.15) is 0 Å². The van der Waals surface area contributed by atoms with Crippen molar-refractivity contribution in [3.05, 3.63) is 20.9 Å². The predicted molar refractivity (Wildman–Crippen MR) is 71.0 cm³/mol. The van der Waals surface area contributed by atoms with Crippen molar-refractivity contribution >= 4 is 50.2 Å². The molecule has 1 unspecified atom stereocenters. The SMILES string of the molecule is COC(=O)c1sc(C(=O)OC)c2c1C[Te]C2OC(C)=O. The summed E-state index contributed by atoms with van der Waals surface area (Å²) < 4.78 is 15.0. The average Bonchev–Trinajstić information content (AvgIpc) is 2.97. The molecule has 0 saturated heterocycles. The minimum absolute atomic E-state index is 0.330. The summed E-state index contributed by atoms with van der Waals surface area (Å²) in [6, 6.07) is 0. The Bertz CT molecular complexity index is 579. The zero-order chi connectivity index (χ0) is 14.9. The van der Waals surface area contributed by atoms with Gasteiger partial charge in [0.05, 0.1) is 0 Å². The number of carbonyl (C=O) groups excluding carboxylic acids is 3. The third-order valence-corrected chi connectivity index (χ3v) is 7.00. The Balaban J connectivity index is 2.51. The first kappa shape index (κ1) is 15.3. The van der Waals surface area contributed by atoms with Crippen molar-refractivity contribution in [2.24, 2.45) is 0 Å². The molecule has 1 aromatic rings. The predicted octanol–water partition coefficient (Wildman–Crippen LogP) is 1.10. The van der Waals surface area contributed by atoms with Crippen molar-refractivity contribution in [1.82, 2.24) is 0 Å². The standard InChI is InChI=1S/C12H12O6STe/c1-5(13)18-12-7-6(4-20-12)8(10(14)16-2)19-9(7)11(15)17-3/h12H,4H2,1-3H3. The van der Waals surface area contributed by atoms with Crippen molar-refractivity contribution in [1.29, 1.82) is 0 Å². The van der Waals surface area contributed by atoms with E-state index < -0.39 is 38.8 Å². The number of ether oxygens (including phenoxy) is 3. The number of hydrogen-bond donors (Lipinski definition) is 0. The molecule has 1 atom stereocenters. The Kier molecular flexibility index (Phi) is 4.68. The molecular weight excluding hydrogens is 400 g/mol. The van der Waals surface area contributed by atoms with E-state index in [2.05, 4.69) is 0 Å². The molecule has 2 rings (SSSR count). The van der Waals surface area contributed by atoms with Crippen LogP contribution in [0.1, 0.15) is 41.5 Å². The van der Waals surface area contributed by atoms with E-state index in [1.165, 1.54) is 21.1 Å². The number of rotatable bonds is 3. The van der Waals surface area contributed by atoms with E-state index >= 15 is 0 Å². The molecule has 20 heavy (non-hydrogen) atoms. The van der Waals surface area contributed by atoms with Crippen LogP contribution >= 0.6 is 11.3 Å². The monoisotopic (exact) mass is 414 g/mol. The van der Waals surface area contributed by atoms with Crippen LogP contribution in [0.15, 0.2) is 0 Å². The number of methoxy groups -OCH3 is 2. The number of carbonyl (C=O) groups is 3. The fourth-order valence-electron chi connectivity index (χ4n) is 1.86. The fourth-order valence-corrected chi connectivity index (χ4v) is 7.12. The molecule has 0 aromatic carbocycles. The molecule has 1 aromatic heterocycles. The Hall–Kier alpha value is -1.10. The van der Waals surface area contributed by atoms with E-state index in [-0.39, 0.29) is 4.15 Å². The van der Waals surface area contributed by atoms with E-state index in [9.17, 15) is 14.4 Å². The van der Waals surface area contributed by atoms with Crippen LogP contribution in [0.25, 0.3) is 0 Å². The molecule has 1 aliphatic heterocycles. The quantitative estimate of drug-likeness (QED) is 0.421. The van der Waals surface area contributed by atoms with E-state index in [1.807, 2.05) is 0 Å². The van der Waals surface area contributed by atoms with E-state index in [4.69, 9.17) is 14.2 Å². The molecule has 0 amide bonds. The van der Waals surface area contributed by atoms with Crippen LogP contribution in [0.2, 0.25) is 0 Å². The normalized spacial score (nSPS) is 16.4.